The maximum Gasteiger partial charge on any atom is 0.416 e. The highest BCUT2D eigenvalue weighted by molar-refractivity contribution is 7.09. The number of thiazole rings is 1. The molecule has 3 rings (SSSR count). The molecule has 0 aliphatic heterocycles. The molecule has 9 nitrogen and oxygen atoms in total. The topological polar surface area (TPSA) is 138 Å². The number of aliphatic hydroxyl groups excluding tert-OH is 2. The number of benzene rings is 1. The predicted octanol–water partition coefficient (Wildman–Crippen LogP) is 4.78. The molecule has 0 radical (unpaired) electrons. The Labute approximate surface area is 237 Å². The molecule has 230 valence electrons. The molecule has 2 unspecified atom stereocenters. The summed E-state index contributed by atoms with van der Waals surface area (Å²) < 4.78 is 97.0. The van der Waals surface area contributed by atoms with Crippen molar-refractivity contribution < 1.29 is 55.0 Å². The monoisotopic (exact) mass is 626 g/mol. The zero-order valence-corrected chi connectivity index (χ0v) is 22.5. The van der Waals surface area contributed by atoms with Crippen LogP contribution in [0.25, 0.3) is 11.5 Å². The number of hydrogen-bond donors (Lipinski definition) is 4. The highest BCUT2D eigenvalue weighted by Gasteiger charge is 2.35. The minimum absolute atomic E-state index is 0.0359. The number of nitrogens with one attached hydrogen (secondary N) is 2. The van der Waals surface area contributed by atoms with Gasteiger partial charge in [-0.05, 0) is 44.4 Å². The number of aliphatic hydroxyl groups is 2. The molecule has 0 fully saturated rings. The second-order valence-corrected chi connectivity index (χ2v) is 10.2. The van der Waals surface area contributed by atoms with Crippen LogP contribution in [0.3, 0.4) is 0 Å². The second kappa shape index (κ2) is 13.6. The van der Waals surface area contributed by atoms with Gasteiger partial charge in [0.1, 0.15) is 23.0 Å². The maximum atomic E-state index is 13.8. The molecular formula is C25H25F7N4O5S. The Morgan fingerprint density at radius 2 is 1.74 bits per heavy atom. The first-order valence-corrected chi connectivity index (χ1v) is 13.2. The predicted molar refractivity (Wildman–Crippen MR) is 133 cm³/mol. The van der Waals surface area contributed by atoms with Gasteiger partial charge in [0.25, 0.3) is 5.91 Å². The van der Waals surface area contributed by atoms with Crippen molar-refractivity contribution in [1.82, 2.24) is 20.6 Å². The number of carbonyl (C=O) groups excluding carboxylic acids is 2. The minimum atomic E-state index is -4.88. The molecule has 2 heterocycles. The number of oxazole rings is 1. The SMILES string of the molecule is CC(O)CC[C@H](NC(=O)c1cnc(-c2cc(F)cc(C(F)(F)F)c2)o1)C(=O)N[C@@H](CCC(F)(F)F)C(O)c1nccs1. The molecule has 0 bridgehead atoms. The number of halogens is 7. The van der Waals surface area contributed by atoms with Gasteiger partial charge in [-0.25, -0.2) is 14.4 Å². The number of hydrogen-bond acceptors (Lipinski definition) is 8. The summed E-state index contributed by atoms with van der Waals surface area (Å²) in [6.45, 7) is 1.39. The summed E-state index contributed by atoms with van der Waals surface area (Å²) in [7, 11) is 0. The Kier molecular flexibility index (Phi) is 10.7. The van der Waals surface area contributed by atoms with E-state index < -0.39 is 89.9 Å². The number of carbonyl (C=O) groups is 2. The van der Waals surface area contributed by atoms with E-state index in [2.05, 4.69) is 20.6 Å². The van der Waals surface area contributed by atoms with E-state index in [-0.39, 0.29) is 23.9 Å². The van der Waals surface area contributed by atoms with Crippen LogP contribution in [0.2, 0.25) is 0 Å². The van der Waals surface area contributed by atoms with Crippen LogP contribution >= 0.6 is 11.3 Å². The molecule has 3 aromatic rings. The summed E-state index contributed by atoms with van der Waals surface area (Å²) in [5.74, 6) is -4.42. The van der Waals surface area contributed by atoms with Crippen LogP contribution in [0, 0.1) is 5.82 Å². The fourth-order valence-corrected chi connectivity index (χ4v) is 4.45. The van der Waals surface area contributed by atoms with Gasteiger partial charge in [0, 0.05) is 23.6 Å². The minimum Gasteiger partial charge on any atom is -0.431 e. The Hall–Kier alpha value is -3.57. The van der Waals surface area contributed by atoms with Gasteiger partial charge in [-0.2, -0.15) is 26.3 Å². The van der Waals surface area contributed by atoms with E-state index in [0.29, 0.717) is 12.1 Å². The van der Waals surface area contributed by atoms with Crippen LogP contribution in [0.1, 0.15) is 59.8 Å². The van der Waals surface area contributed by atoms with Crippen LogP contribution in [-0.4, -0.2) is 56.4 Å². The van der Waals surface area contributed by atoms with Gasteiger partial charge < -0.3 is 25.3 Å². The lowest BCUT2D eigenvalue weighted by Gasteiger charge is -2.26. The Bertz CT molecular complexity index is 1350. The molecule has 2 aromatic heterocycles. The van der Waals surface area contributed by atoms with Crippen molar-refractivity contribution in [2.24, 2.45) is 0 Å². The standard InChI is InChI=1S/C25H25F7N4O5S/c1-12(37)2-3-17(20(39)35-16(4-5-24(27,28)29)19(38)23-33-6-7-42-23)36-21(40)18-11-34-22(41-18)13-8-14(25(30,31)32)10-15(26)9-13/h6-12,16-17,19,37-38H,2-5H2,1H3,(H,35,39)(H,36,40)/t12?,16-,17-,19?/m0/s1. The smallest absolute Gasteiger partial charge is 0.416 e. The first-order valence-electron chi connectivity index (χ1n) is 12.3. The molecule has 1 aromatic carbocycles. The first-order chi connectivity index (χ1) is 19.5. The van der Waals surface area contributed by atoms with E-state index >= 15 is 0 Å². The largest absolute Gasteiger partial charge is 0.431 e. The Morgan fingerprint density at radius 3 is 2.33 bits per heavy atom. The van der Waals surface area contributed by atoms with E-state index in [1.165, 1.54) is 18.5 Å². The van der Waals surface area contributed by atoms with Crippen molar-refractivity contribution in [2.45, 2.75) is 69.3 Å². The van der Waals surface area contributed by atoms with Crippen LogP contribution in [-0.2, 0) is 11.0 Å². The van der Waals surface area contributed by atoms with Crippen molar-refractivity contribution in [1.29, 1.82) is 0 Å². The van der Waals surface area contributed by atoms with Crippen molar-refractivity contribution >= 4 is 23.2 Å². The summed E-state index contributed by atoms with van der Waals surface area (Å²) in [5, 5.41) is 26.4. The molecule has 4 N–H and O–H groups in total. The highest BCUT2D eigenvalue weighted by Crippen LogP contribution is 2.33. The van der Waals surface area contributed by atoms with E-state index in [1.807, 2.05) is 0 Å². The number of rotatable bonds is 12. The van der Waals surface area contributed by atoms with E-state index in [1.54, 1.807) is 0 Å². The highest BCUT2D eigenvalue weighted by atomic mass is 32.1. The lowest BCUT2D eigenvalue weighted by atomic mass is 10.0. The number of amides is 2. The van der Waals surface area contributed by atoms with Crippen molar-refractivity contribution in [3.8, 4) is 11.5 Å². The molecule has 0 saturated heterocycles. The van der Waals surface area contributed by atoms with Crippen molar-refractivity contribution in [3.63, 3.8) is 0 Å². The van der Waals surface area contributed by atoms with Gasteiger partial charge in [-0.1, -0.05) is 0 Å². The van der Waals surface area contributed by atoms with Gasteiger partial charge in [0.15, 0.2) is 0 Å². The van der Waals surface area contributed by atoms with Crippen molar-refractivity contribution in [2.75, 3.05) is 0 Å². The first kappa shape index (κ1) is 32.9. The lowest BCUT2D eigenvalue weighted by Crippen LogP contribution is -2.51. The van der Waals surface area contributed by atoms with Gasteiger partial charge in [-0.3, -0.25) is 9.59 Å². The van der Waals surface area contributed by atoms with Crippen LogP contribution < -0.4 is 10.6 Å². The molecule has 0 spiro atoms. The summed E-state index contributed by atoms with van der Waals surface area (Å²) in [6, 6.07) is -1.38. The van der Waals surface area contributed by atoms with Crippen LogP contribution in [0.5, 0.6) is 0 Å². The van der Waals surface area contributed by atoms with E-state index in [9.17, 15) is 50.5 Å². The Balaban J connectivity index is 1.80. The molecule has 0 saturated carbocycles. The summed E-state index contributed by atoms with van der Waals surface area (Å²) in [6.07, 6.45) is -12.2. The maximum absolute atomic E-state index is 13.8. The third-order valence-electron chi connectivity index (χ3n) is 5.85. The molecule has 2 amide bonds. The molecule has 0 aliphatic carbocycles. The van der Waals surface area contributed by atoms with Crippen LogP contribution in [0.15, 0.2) is 40.4 Å². The van der Waals surface area contributed by atoms with Gasteiger partial charge in [0.2, 0.25) is 17.6 Å². The third kappa shape index (κ3) is 9.49. The zero-order valence-electron chi connectivity index (χ0n) is 21.7. The fourth-order valence-electron chi connectivity index (χ4n) is 3.76. The molecule has 4 atom stereocenters. The normalized spacial score (nSPS) is 15.1. The lowest BCUT2D eigenvalue weighted by molar-refractivity contribution is -0.140. The van der Waals surface area contributed by atoms with E-state index in [4.69, 9.17) is 4.42 Å². The second-order valence-electron chi connectivity index (χ2n) is 9.29. The average molecular weight is 627 g/mol. The van der Waals surface area contributed by atoms with Crippen molar-refractivity contribution in [3.05, 3.63) is 58.1 Å². The van der Waals surface area contributed by atoms with Gasteiger partial charge in [0.05, 0.1) is 23.9 Å². The zero-order chi connectivity index (χ0) is 31.2. The van der Waals surface area contributed by atoms with E-state index in [0.717, 1.165) is 17.5 Å². The average Bonchev–Trinajstić information content (AvgIpc) is 3.60. The van der Waals surface area contributed by atoms with Gasteiger partial charge >= 0.3 is 12.4 Å². The summed E-state index contributed by atoms with van der Waals surface area (Å²) in [5.41, 5.74) is -1.75. The Morgan fingerprint density at radius 1 is 1.02 bits per heavy atom. The fraction of sp³-hybridized carbons (Fsp3) is 0.440. The quantitative estimate of drug-likeness (QED) is 0.213. The molecule has 0 aliphatic rings. The molecular weight excluding hydrogens is 601 g/mol. The molecule has 17 heteroatoms. The summed E-state index contributed by atoms with van der Waals surface area (Å²) in [4.78, 5) is 33.5. The number of aromatic nitrogens is 2. The number of nitrogens with zero attached hydrogens (tertiary/aromatic N) is 2. The van der Waals surface area contributed by atoms with Gasteiger partial charge in [-0.15, -0.1) is 11.3 Å². The van der Waals surface area contributed by atoms with Crippen LogP contribution in [0.4, 0.5) is 30.7 Å². The summed E-state index contributed by atoms with van der Waals surface area (Å²) >= 11 is 0.952. The number of alkyl halides is 6. The molecule has 42 heavy (non-hydrogen) atoms. The third-order valence-corrected chi connectivity index (χ3v) is 6.69.